The normalized spacial score (nSPS) is 10.6. The first-order chi connectivity index (χ1) is 6.31. The predicted molar refractivity (Wildman–Crippen MR) is 50.7 cm³/mol. The quantitative estimate of drug-likeness (QED) is 0.838. The van der Waals surface area contributed by atoms with Crippen LogP contribution in [0.2, 0.25) is 4.47 Å². The van der Waals surface area contributed by atoms with Gasteiger partial charge in [0.05, 0.1) is 17.7 Å². The van der Waals surface area contributed by atoms with Gasteiger partial charge in [-0.25, -0.2) is 4.98 Å². The summed E-state index contributed by atoms with van der Waals surface area (Å²) in [5.74, 6) is 0.632. The summed E-state index contributed by atoms with van der Waals surface area (Å²) in [4.78, 5) is 4.78. The van der Waals surface area contributed by atoms with Gasteiger partial charge in [-0.05, 0) is 12.1 Å². The van der Waals surface area contributed by atoms with Gasteiger partial charge in [0.1, 0.15) is 5.69 Å². The van der Waals surface area contributed by atoms with Crippen LogP contribution in [-0.2, 0) is 6.61 Å². The number of thiazole rings is 1. The topological polar surface area (TPSA) is 46.3 Å². The molecule has 0 amide bonds. The molecule has 0 unspecified atom stereocenters. The number of hydrogen-bond acceptors (Lipinski definition) is 4. The van der Waals surface area contributed by atoms with E-state index in [0.717, 1.165) is 4.88 Å². The minimum atomic E-state index is -0.0690. The molecular formula is C8H6ClNO2S. The van der Waals surface area contributed by atoms with Crippen molar-refractivity contribution in [2.75, 3.05) is 0 Å². The van der Waals surface area contributed by atoms with Crippen LogP contribution >= 0.6 is 22.9 Å². The Morgan fingerprint density at radius 3 is 3.08 bits per heavy atom. The van der Waals surface area contributed by atoms with Gasteiger partial charge in [-0.15, -0.1) is 11.3 Å². The van der Waals surface area contributed by atoms with E-state index in [1.165, 1.54) is 11.3 Å². The zero-order valence-corrected chi connectivity index (χ0v) is 8.10. The first-order valence-electron chi connectivity index (χ1n) is 3.61. The average molecular weight is 216 g/mol. The van der Waals surface area contributed by atoms with Crippen LogP contribution in [0.5, 0.6) is 0 Å². The Kier molecular flexibility index (Phi) is 2.35. The van der Waals surface area contributed by atoms with E-state index >= 15 is 0 Å². The van der Waals surface area contributed by atoms with E-state index in [4.69, 9.17) is 21.1 Å². The van der Waals surface area contributed by atoms with Crippen LogP contribution < -0.4 is 0 Å². The van der Waals surface area contributed by atoms with Crippen LogP contribution in [0.1, 0.15) is 4.88 Å². The Balaban J connectivity index is 2.50. The molecule has 0 aromatic carbocycles. The standard InChI is InChI=1S/C8H6ClNO2S/c9-8-10-7(6(4-11)13-8)5-2-1-3-12-5/h1-3,11H,4H2. The number of nitrogens with zero attached hydrogens (tertiary/aromatic N) is 1. The zero-order chi connectivity index (χ0) is 9.26. The van der Waals surface area contributed by atoms with E-state index < -0.39 is 0 Å². The lowest BCUT2D eigenvalue weighted by Crippen LogP contribution is -1.82. The van der Waals surface area contributed by atoms with E-state index in [2.05, 4.69) is 4.98 Å². The molecule has 0 aliphatic carbocycles. The molecule has 0 atom stereocenters. The Morgan fingerprint density at radius 1 is 1.62 bits per heavy atom. The van der Waals surface area contributed by atoms with Crippen molar-refractivity contribution < 1.29 is 9.52 Å². The zero-order valence-electron chi connectivity index (χ0n) is 6.53. The molecule has 0 saturated carbocycles. The second kappa shape index (κ2) is 3.49. The first kappa shape index (κ1) is 8.74. The van der Waals surface area contributed by atoms with Gasteiger partial charge in [0.2, 0.25) is 0 Å². The van der Waals surface area contributed by atoms with Crippen LogP contribution in [-0.4, -0.2) is 10.1 Å². The Bertz CT molecular complexity index is 396. The van der Waals surface area contributed by atoms with Gasteiger partial charge in [-0.1, -0.05) is 11.6 Å². The molecule has 3 nitrogen and oxygen atoms in total. The Labute approximate surface area is 83.6 Å². The van der Waals surface area contributed by atoms with Gasteiger partial charge >= 0.3 is 0 Å². The Morgan fingerprint density at radius 2 is 2.46 bits per heavy atom. The molecule has 1 N–H and O–H groups in total. The summed E-state index contributed by atoms with van der Waals surface area (Å²) in [5.41, 5.74) is 0.627. The van der Waals surface area contributed by atoms with Gasteiger partial charge in [-0.2, -0.15) is 0 Å². The SMILES string of the molecule is OCc1sc(Cl)nc1-c1ccco1. The average Bonchev–Trinajstić information content (AvgIpc) is 2.71. The summed E-state index contributed by atoms with van der Waals surface area (Å²) in [7, 11) is 0. The number of furan rings is 1. The molecule has 0 aliphatic heterocycles. The van der Waals surface area contributed by atoms with Gasteiger partial charge in [0, 0.05) is 0 Å². The van der Waals surface area contributed by atoms with Crippen molar-refractivity contribution in [3.63, 3.8) is 0 Å². The molecule has 0 saturated heterocycles. The molecular weight excluding hydrogens is 210 g/mol. The summed E-state index contributed by atoms with van der Waals surface area (Å²) in [5, 5.41) is 9.00. The Hall–Kier alpha value is -0.840. The first-order valence-corrected chi connectivity index (χ1v) is 4.80. The highest BCUT2D eigenvalue weighted by Gasteiger charge is 2.12. The molecule has 0 bridgehead atoms. The predicted octanol–water partition coefficient (Wildman–Crippen LogP) is 2.55. The molecule has 0 radical (unpaired) electrons. The number of halogens is 1. The molecule has 13 heavy (non-hydrogen) atoms. The minimum absolute atomic E-state index is 0.0690. The molecule has 0 fully saturated rings. The van der Waals surface area contributed by atoms with Gasteiger partial charge in [0.15, 0.2) is 10.2 Å². The van der Waals surface area contributed by atoms with Crippen LogP contribution in [0.3, 0.4) is 0 Å². The number of hydrogen-bond donors (Lipinski definition) is 1. The maximum Gasteiger partial charge on any atom is 0.184 e. The smallest absolute Gasteiger partial charge is 0.184 e. The maximum atomic E-state index is 9.00. The molecule has 2 heterocycles. The van der Waals surface area contributed by atoms with Crippen LogP contribution in [0.4, 0.5) is 0 Å². The molecule has 2 aromatic heterocycles. The van der Waals surface area contributed by atoms with Crippen molar-refractivity contribution in [2.24, 2.45) is 0 Å². The fraction of sp³-hybridized carbons (Fsp3) is 0.125. The lowest BCUT2D eigenvalue weighted by molar-refractivity contribution is 0.285. The number of aromatic nitrogens is 1. The van der Waals surface area contributed by atoms with E-state index in [-0.39, 0.29) is 6.61 Å². The molecule has 2 aromatic rings. The van der Waals surface area contributed by atoms with Crippen molar-refractivity contribution in [2.45, 2.75) is 6.61 Å². The summed E-state index contributed by atoms with van der Waals surface area (Å²) in [6.45, 7) is -0.0690. The number of aliphatic hydroxyl groups is 1. The van der Waals surface area contributed by atoms with Crippen molar-refractivity contribution in [1.82, 2.24) is 4.98 Å². The summed E-state index contributed by atoms with van der Waals surface area (Å²) in [6, 6.07) is 3.55. The second-order valence-electron chi connectivity index (χ2n) is 2.37. The molecule has 0 aliphatic rings. The van der Waals surface area contributed by atoms with Crippen molar-refractivity contribution in [3.8, 4) is 11.5 Å². The van der Waals surface area contributed by atoms with E-state index in [9.17, 15) is 0 Å². The number of rotatable bonds is 2. The molecule has 68 valence electrons. The van der Waals surface area contributed by atoms with E-state index in [1.807, 2.05) is 0 Å². The lowest BCUT2D eigenvalue weighted by Gasteiger charge is -1.92. The van der Waals surface area contributed by atoms with Crippen molar-refractivity contribution in [3.05, 3.63) is 27.7 Å². The molecule has 0 spiro atoms. The highest BCUT2D eigenvalue weighted by molar-refractivity contribution is 7.16. The third kappa shape index (κ3) is 1.60. The third-order valence-electron chi connectivity index (χ3n) is 1.57. The van der Waals surface area contributed by atoms with Crippen molar-refractivity contribution >= 4 is 22.9 Å². The monoisotopic (exact) mass is 215 g/mol. The van der Waals surface area contributed by atoms with Gasteiger partial charge < -0.3 is 9.52 Å². The van der Waals surface area contributed by atoms with Gasteiger partial charge in [0.25, 0.3) is 0 Å². The van der Waals surface area contributed by atoms with Crippen LogP contribution in [0, 0.1) is 0 Å². The fourth-order valence-corrected chi connectivity index (χ4v) is 2.05. The van der Waals surface area contributed by atoms with Crippen molar-refractivity contribution in [1.29, 1.82) is 0 Å². The highest BCUT2D eigenvalue weighted by Crippen LogP contribution is 2.30. The maximum absolute atomic E-state index is 9.00. The summed E-state index contributed by atoms with van der Waals surface area (Å²) in [6.07, 6.45) is 1.56. The number of aliphatic hydroxyl groups excluding tert-OH is 1. The fourth-order valence-electron chi connectivity index (χ4n) is 1.04. The second-order valence-corrected chi connectivity index (χ2v) is 4.04. The third-order valence-corrected chi connectivity index (χ3v) is 2.71. The largest absolute Gasteiger partial charge is 0.463 e. The molecule has 2 rings (SSSR count). The van der Waals surface area contributed by atoms with E-state index in [0.29, 0.717) is 15.9 Å². The minimum Gasteiger partial charge on any atom is -0.463 e. The van der Waals surface area contributed by atoms with Crippen LogP contribution in [0.25, 0.3) is 11.5 Å². The highest BCUT2D eigenvalue weighted by atomic mass is 35.5. The van der Waals surface area contributed by atoms with Gasteiger partial charge in [-0.3, -0.25) is 0 Å². The lowest BCUT2D eigenvalue weighted by atomic mass is 10.3. The van der Waals surface area contributed by atoms with Crippen LogP contribution in [0.15, 0.2) is 22.8 Å². The summed E-state index contributed by atoms with van der Waals surface area (Å²) >= 11 is 6.97. The molecule has 5 heteroatoms. The van der Waals surface area contributed by atoms with E-state index in [1.54, 1.807) is 18.4 Å². The summed E-state index contributed by atoms with van der Waals surface area (Å²) < 4.78 is 5.56.